The van der Waals surface area contributed by atoms with Crippen LogP contribution in [-0.4, -0.2) is 38.8 Å². The van der Waals surface area contributed by atoms with Crippen LogP contribution in [0, 0.1) is 19.7 Å². The Balaban J connectivity index is 1.49. The second-order valence-electron chi connectivity index (χ2n) is 7.67. The number of hydrogen-bond donors (Lipinski definition) is 3. The molecular formula is C24H22FN3O3S. The monoisotopic (exact) mass is 451 g/mol. The maximum atomic E-state index is 14.5. The summed E-state index contributed by atoms with van der Waals surface area (Å²) in [7, 11) is 0. The standard InChI is InChI=1S/C24H22FN3O3S/c1-13-7-20-21(8-14(13)2)32-24(27-20)28-23(31)17-5-3-16(4-6-17)22-19(25)10-15(11-26-22)9-18(30)12-29/h3-8,10-11,18,29-30H,9,12H2,1-2H3,(H,27,28,31)/t18-/m1/s1. The second kappa shape index (κ2) is 9.12. The number of aromatic nitrogens is 2. The van der Waals surface area contributed by atoms with Gasteiger partial charge in [-0.25, -0.2) is 9.37 Å². The van der Waals surface area contributed by atoms with Crippen molar-refractivity contribution in [1.82, 2.24) is 9.97 Å². The molecule has 0 aliphatic carbocycles. The van der Waals surface area contributed by atoms with Gasteiger partial charge in [0.25, 0.3) is 5.91 Å². The molecule has 2 aromatic carbocycles. The number of aliphatic hydroxyl groups excluding tert-OH is 2. The normalized spacial score (nSPS) is 12.2. The van der Waals surface area contributed by atoms with Crippen LogP contribution in [0.25, 0.3) is 21.5 Å². The molecule has 0 saturated carbocycles. The quantitative estimate of drug-likeness (QED) is 0.407. The van der Waals surface area contributed by atoms with E-state index in [1.165, 1.54) is 29.2 Å². The number of hydrogen-bond acceptors (Lipinski definition) is 6. The summed E-state index contributed by atoms with van der Waals surface area (Å²) in [5.74, 6) is -0.837. The first kappa shape index (κ1) is 22.0. The topological polar surface area (TPSA) is 95.3 Å². The lowest BCUT2D eigenvalue weighted by Gasteiger charge is -2.09. The van der Waals surface area contributed by atoms with Crippen LogP contribution in [-0.2, 0) is 6.42 Å². The highest BCUT2D eigenvalue weighted by Crippen LogP contribution is 2.29. The molecule has 0 radical (unpaired) electrons. The molecule has 0 fully saturated rings. The minimum Gasteiger partial charge on any atom is -0.394 e. The van der Waals surface area contributed by atoms with Gasteiger partial charge in [0.2, 0.25) is 0 Å². The Morgan fingerprint density at radius 1 is 1.16 bits per heavy atom. The molecule has 2 heterocycles. The van der Waals surface area contributed by atoms with Gasteiger partial charge in [0.05, 0.1) is 22.9 Å². The van der Waals surface area contributed by atoms with Crippen LogP contribution in [0.15, 0.2) is 48.7 Å². The maximum Gasteiger partial charge on any atom is 0.257 e. The fraction of sp³-hybridized carbons (Fsp3) is 0.208. The Morgan fingerprint density at radius 2 is 1.88 bits per heavy atom. The van der Waals surface area contributed by atoms with Gasteiger partial charge in [0, 0.05) is 23.7 Å². The molecule has 1 atom stereocenters. The van der Waals surface area contributed by atoms with Crippen LogP contribution in [0.4, 0.5) is 9.52 Å². The van der Waals surface area contributed by atoms with Crippen LogP contribution in [0.1, 0.15) is 27.0 Å². The Bertz CT molecular complexity index is 1250. The number of thiazole rings is 1. The van der Waals surface area contributed by atoms with E-state index in [-0.39, 0.29) is 18.0 Å². The van der Waals surface area contributed by atoms with Gasteiger partial charge in [-0.05, 0) is 60.9 Å². The summed E-state index contributed by atoms with van der Waals surface area (Å²) in [5, 5.41) is 21.8. The molecular weight excluding hydrogens is 429 g/mol. The van der Waals surface area contributed by atoms with E-state index in [9.17, 15) is 14.3 Å². The number of anilines is 1. The minimum atomic E-state index is -0.955. The van der Waals surface area contributed by atoms with Crippen LogP contribution >= 0.6 is 11.3 Å². The zero-order chi connectivity index (χ0) is 22.8. The number of nitrogens with one attached hydrogen (secondary N) is 1. The summed E-state index contributed by atoms with van der Waals surface area (Å²) in [5.41, 5.74) is 4.76. The van der Waals surface area contributed by atoms with Crippen LogP contribution in [0.2, 0.25) is 0 Å². The van der Waals surface area contributed by atoms with Crippen molar-refractivity contribution in [3.8, 4) is 11.3 Å². The largest absolute Gasteiger partial charge is 0.394 e. The highest BCUT2D eigenvalue weighted by atomic mass is 32.1. The SMILES string of the molecule is Cc1cc2nc(NC(=O)c3ccc(-c4ncc(C[C@@H](O)CO)cc4F)cc3)sc2cc1C. The Hall–Kier alpha value is -3.20. The molecule has 32 heavy (non-hydrogen) atoms. The van der Waals surface area contributed by atoms with Crippen LogP contribution in [0.3, 0.4) is 0 Å². The van der Waals surface area contributed by atoms with E-state index in [2.05, 4.69) is 21.4 Å². The third-order valence-corrected chi connectivity index (χ3v) is 6.16. The van der Waals surface area contributed by atoms with E-state index in [0.717, 1.165) is 15.8 Å². The zero-order valence-electron chi connectivity index (χ0n) is 17.6. The lowest BCUT2D eigenvalue weighted by atomic mass is 10.1. The average Bonchev–Trinajstić information content (AvgIpc) is 3.15. The van der Waals surface area contributed by atoms with Gasteiger partial charge in [-0.1, -0.05) is 23.5 Å². The molecule has 0 spiro atoms. The van der Waals surface area contributed by atoms with Crippen LogP contribution in [0.5, 0.6) is 0 Å². The highest BCUT2D eigenvalue weighted by molar-refractivity contribution is 7.22. The molecule has 1 amide bonds. The molecule has 2 aromatic heterocycles. The summed E-state index contributed by atoms with van der Waals surface area (Å²) in [6, 6.07) is 11.8. The van der Waals surface area contributed by atoms with Gasteiger partial charge in [-0.2, -0.15) is 0 Å². The number of carbonyl (C=O) groups excluding carboxylic acids is 1. The van der Waals surface area contributed by atoms with Crippen molar-refractivity contribution in [3.05, 3.63) is 76.7 Å². The van der Waals surface area contributed by atoms with E-state index in [0.29, 0.717) is 21.8 Å². The van der Waals surface area contributed by atoms with Gasteiger partial charge in [-0.3, -0.25) is 15.1 Å². The van der Waals surface area contributed by atoms with E-state index in [1.54, 1.807) is 24.3 Å². The third kappa shape index (κ3) is 4.67. The van der Waals surface area contributed by atoms with Gasteiger partial charge in [0.15, 0.2) is 5.13 Å². The fourth-order valence-electron chi connectivity index (χ4n) is 3.32. The van der Waals surface area contributed by atoms with Crippen molar-refractivity contribution in [1.29, 1.82) is 0 Å². The summed E-state index contributed by atoms with van der Waals surface area (Å²) < 4.78 is 15.5. The molecule has 164 valence electrons. The van der Waals surface area contributed by atoms with Gasteiger partial charge < -0.3 is 10.2 Å². The first-order valence-electron chi connectivity index (χ1n) is 10.1. The number of carbonyl (C=O) groups is 1. The molecule has 3 N–H and O–H groups in total. The maximum absolute atomic E-state index is 14.5. The number of pyridine rings is 1. The Kier molecular flexibility index (Phi) is 6.27. The highest BCUT2D eigenvalue weighted by Gasteiger charge is 2.14. The van der Waals surface area contributed by atoms with E-state index in [4.69, 9.17) is 5.11 Å². The fourth-order valence-corrected chi connectivity index (χ4v) is 4.26. The predicted molar refractivity (Wildman–Crippen MR) is 123 cm³/mol. The number of nitrogens with zero attached hydrogens (tertiary/aromatic N) is 2. The van der Waals surface area contributed by atoms with Crippen molar-refractivity contribution in [3.63, 3.8) is 0 Å². The summed E-state index contributed by atoms with van der Waals surface area (Å²) in [6.45, 7) is 3.67. The molecule has 0 bridgehead atoms. The van der Waals surface area contributed by atoms with Crippen molar-refractivity contribution in [2.24, 2.45) is 0 Å². The van der Waals surface area contributed by atoms with E-state index in [1.807, 2.05) is 19.9 Å². The second-order valence-corrected chi connectivity index (χ2v) is 8.70. The minimum absolute atomic E-state index is 0.116. The number of aliphatic hydroxyl groups is 2. The summed E-state index contributed by atoms with van der Waals surface area (Å²) in [4.78, 5) is 21.3. The van der Waals surface area contributed by atoms with Crippen molar-refractivity contribution in [2.75, 3.05) is 11.9 Å². The summed E-state index contributed by atoms with van der Waals surface area (Å²) >= 11 is 1.42. The molecule has 0 unspecified atom stereocenters. The van der Waals surface area contributed by atoms with E-state index < -0.39 is 18.5 Å². The number of aryl methyl sites for hydroxylation is 2. The van der Waals surface area contributed by atoms with Crippen molar-refractivity contribution >= 4 is 32.6 Å². The van der Waals surface area contributed by atoms with Gasteiger partial charge >= 0.3 is 0 Å². The number of halogens is 1. The number of benzene rings is 2. The number of fused-ring (bicyclic) bond motifs is 1. The van der Waals surface area contributed by atoms with E-state index >= 15 is 0 Å². The molecule has 0 aliphatic heterocycles. The average molecular weight is 452 g/mol. The first-order valence-corrected chi connectivity index (χ1v) is 10.9. The van der Waals surface area contributed by atoms with Gasteiger partial charge in [-0.15, -0.1) is 0 Å². The van der Waals surface area contributed by atoms with Crippen molar-refractivity contribution in [2.45, 2.75) is 26.4 Å². The molecule has 0 aliphatic rings. The molecule has 8 heteroatoms. The molecule has 6 nitrogen and oxygen atoms in total. The third-order valence-electron chi connectivity index (χ3n) is 5.22. The molecule has 4 rings (SSSR count). The smallest absolute Gasteiger partial charge is 0.257 e. The lowest BCUT2D eigenvalue weighted by Crippen LogP contribution is -2.15. The number of amides is 1. The molecule has 4 aromatic rings. The van der Waals surface area contributed by atoms with Crippen molar-refractivity contribution < 1.29 is 19.4 Å². The zero-order valence-corrected chi connectivity index (χ0v) is 18.4. The molecule has 0 saturated heterocycles. The summed E-state index contributed by atoms with van der Waals surface area (Å²) in [6.07, 6.45) is 0.627. The lowest BCUT2D eigenvalue weighted by molar-refractivity contribution is 0.0954. The van der Waals surface area contributed by atoms with Gasteiger partial charge in [0.1, 0.15) is 11.5 Å². The number of rotatable bonds is 6. The Labute approximate surface area is 188 Å². The van der Waals surface area contributed by atoms with Crippen LogP contribution < -0.4 is 5.32 Å². The first-order chi connectivity index (χ1) is 15.3. The predicted octanol–water partition coefficient (Wildman–Crippen LogP) is 4.26. The Morgan fingerprint density at radius 3 is 2.56 bits per heavy atom.